The van der Waals surface area contributed by atoms with E-state index in [9.17, 15) is 4.79 Å². The molecule has 2 N–H and O–H groups in total. The predicted molar refractivity (Wildman–Crippen MR) is 57.0 cm³/mol. The molecular weight excluding hydrogens is 176 g/mol. The highest BCUT2D eigenvalue weighted by atomic mass is 16.1. The van der Waals surface area contributed by atoms with Gasteiger partial charge in [-0.2, -0.15) is 0 Å². The molecule has 76 valence electrons. The molecule has 0 aliphatic heterocycles. The summed E-state index contributed by atoms with van der Waals surface area (Å²) in [6, 6.07) is 1.76. The molecule has 0 aromatic carbocycles. The standard InChI is InChI=1S/C11H16N2O/c1-8(14)6-11(2,3)9-7-13-5-4-10(9)12/h4-5,7H,6H2,1-3H3,(H2,12,13). The summed E-state index contributed by atoms with van der Waals surface area (Å²) in [6.45, 7) is 5.60. The van der Waals surface area contributed by atoms with Gasteiger partial charge >= 0.3 is 0 Å². The number of pyridine rings is 1. The predicted octanol–water partition coefficient (Wildman–Crippen LogP) is 1.92. The third-order valence-corrected chi connectivity index (χ3v) is 2.27. The largest absolute Gasteiger partial charge is 0.398 e. The van der Waals surface area contributed by atoms with Crippen LogP contribution in [-0.2, 0) is 10.2 Å². The quantitative estimate of drug-likeness (QED) is 0.796. The summed E-state index contributed by atoms with van der Waals surface area (Å²) in [7, 11) is 0. The summed E-state index contributed by atoms with van der Waals surface area (Å²) in [5, 5.41) is 0. The van der Waals surface area contributed by atoms with Crippen molar-refractivity contribution in [2.45, 2.75) is 32.6 Å². The lowest BCUT2D eigenvalue weighted by molar-refractivity contribution is -0.118. The molecule has 0 spiro atoms. The third kappa shape index (κ3) is 2.31. The van der Waals surface area contributed by atoms with E-state index in [0.717, 1.165) is 5.56 Å². The Kier molecular flexibility index (Phi) is 2.89. The zero-order chi connectivity index (χ0) is 10.8. The molecule has 0 unspecified atom stereocenters. The maximum absolute atomic E-state index is 11.1. The van der Waals surface area contributed by atoms with Crippen LogP contribution in [0.5, 0.6) is 0 Å². The summed E-state index contributed by atoms with van der Waals surface area (Å²) < 4.78 is 0. The summed E-state index contributed by atoms with van der Waals surface area (Å²) in [6.07, 6.45) is 3.88. The second-order valence-electron chi connectivity index (χ2n) is 4.23. The van der Waals surface area contributed by atoms with Gasteiger partial charge in [0.25, 0.3) is 0 Å². The molecule has 1 heterocycles. The molecule has 0 saturated carbocycles. The molecule has 0 fully saturated rings. The first-order valence-electron chi connectivity index (χ1n) is 4.63. The maximum atomic E-state index is 11.1. The monoisotopic (exact) mass is 192 g/mol. The summed E-state index contributed by atoms with van der Waals surface area (Å²) in [4.78, 5) is 15.1. The van der Waals surface area contributed by atoms with Crippen molar-refractivity contribution in [1.29, 1.82) is 0 Å². The van der Waals surface area contributed by atoms with Crippen LogP contribution < -0.4 is 5.73 Å². The molecule has 0 amide bonds. The number of carbonyl (C=O) groups excluding carboxylic acids is 1. The number of carbonyl (C=O) groups is 1. The number of rotatable bonds is 3. The lowest BCUT2D eigenvalue weighted by Crippen LogP contribution is -2.22. The Morgan fingerprint density at radius 1 is 1.57 bits per heavy atom. The second kappa shape index (κ2) is 3.78. The number of ketones is 1. The molecule has 1 aromatic heterocycles. The van der Waals surface area contributed by atoms with E-state index in [1.165, 1.54) is 0 Å². The number of Topliss-reactive ketones (excluding diaryl/α,β-unsaturated/α-hetero) is 1. The van der Waals surface area contributed by atoms with Crippen molar-refractivity contribution in [2.75, 3.05) is 5.73 Å². The summed E-state index contributed by atoms with van der Waals surface area (Å²) in [5.74, 6) is 0.165. The van der Waals surface area contributed by atoms with Gasteiger partial charge in [0.1, 0.15) is 5.78 Å². The highest BCUT2D eigenvalue weighted by Gasteiger charge is 2.24. The molecule has 0 aliphatic rings. The summed E-state index contributed by atoms with van der Waals surface area (Å²) >= 11 is 0. The van der Waals surface area contributed by atoms with E-state index < -0.39 is 0 Å². The maximum Gasteiger partial charge on any atom is 0.130 e. The van der Waals surface area contributed by atoms with Gasteiger partial charge in [0.15, 0.2) is 0 Å². The van der Waals surface area contributed by atoms with Crippen LogP contribution in [0.15, 0.2) is 18.5 Å². The van der Waals surface area contributed by atoms with Gasteiger partial charge in [-0.1, -0.05) is 13.8 Å². The van der Waals surface area contributed by atoms with Crippen molar-refractivity contribution in [2.24, 2.45) is 0 Å². The average Bonchev–Trinajstić information content (AvgIpc) is 2.02. The lowest BCUT2D eigenvalue weighted by atomic mass is 9.80. The van der Waals surface area contributed by atoms with E-state index in [4.69, 9.17) is 5.73 Å². The molecule has 3 nitrogen and oxygen atoms in total. The lowest BCUT2D eigenvalue weighted by Gasteiger charge is -2.24. The number of aromatic nitrogens is 1. The fourth-order valence-corrected chi connectivity index (χ4v) is 1.69. The normalized spacial score (nSPS) is 11.4. The van der Waals surface area contributed by atoms with Crippen molar-refractivity contribution in [3.63, 3.8) is 0 Å². The molecule has 3 heteroatoms. The van der Waals surface area contributed by atoms with Gasteiger partial charge in [0, 0.05) is 29.9 Å². The van der Waals surface area contributed by atoms with Crippen molar-refractivity contribution in [3.8, 4) is 0 Å². The van der Waals surface area contributed by atoms with Crippen molar-refractivity contribution in [1.82, 2.24) is 4.98 Å². The van der Waals surface area contributed by atoms with E-state index in [2.05, 4.69) is 4.98 Å². The minimum atomic E-state index is -0.232. The van der Waals surface area contributed by atoms with Gasteiger partial charge in [0.05, 0.1) is 0 Å². The first-order valence-corrected chi connectivity index (χ1v) is 4.63. The first kappa shape index (κ1) is 10.7. The third-order valence-electron chi connectivity index (χ3n) is 2.27. The number of nitrogens with zero attached hydrogens (tertiary/aromatic N) is 1. The Bertz CT molecular complexity index is 345. The van der Waals surface area contributed by atoms with Crippen LogP contribution in [0.2, 0.25) is 0 Å². The Hall–Kier alpha value is -1.38. The van der Waals surface area contributed by atoms with Crippen LogP contribution in [0.25, 0.3) is 0 Å². The Balaban J connectivity index is 3.03. The molecule has 1 aromatic rings. The number of anilines is 1. The minimum absolute atomic E-state index is 0.165. The van der Waals surface area contributed by atoms with Crippen molar-refractivity contribution in [3.05, 3.63) is 24.0 Å². The summed E-state index contributed by atoms with van der Waals surface area (Å²) in [5.41, 5.74) is 7.24. The Labute approximate surface area is 84.3 Å². The van der Waals surface area contributed by atoms with E-state index in [1.807, 2.05) is 13.8 Å². The van der Waals surface area contributed by atoms with Crippen LogP contribution in [0.4, 0.5) is 5.69 Å². The molecular formula is C11H16N2O. The van der Waals surface area contributed by atoms with Crippen LogP contribution in [0, 0.1) is 0 Å². The van der Waals surface area contributed by atoms with Crippen LogP contribution in [-0.4, -0.2) is 10.8 Å². The fourth-order valence-electron chi connectivity index (χ4n) is 1.69. The van der Waals surface area contributed by atoms with Crippen LogP contribution in [0.1, 0.15) is 32.8 Å². The molecule has 0 radical (unpaired) electrons. The number of nitrogen functional groups attached to an aromatic ring is 1. The average molecular weight is 192 g/mol. The van der Waals surface area contributed by atoms with E-state index >= 15 is 0 Å². The van der Waals surface area contributed by atoms with Gasteiger partial charge in [-0.25, -0.2) is 0 Å². The Morgan fingerprint density at radius 2 is 2.21 bits per heavy atom. The van der Waals surface area contributed by atoms with Gasteiger partial charge in [-0.15, -0.1) is 0 Å². The van der Waals surface area contributed by atoms with Gasteiger partial charge in [0.2, 0.25) is 0 Å². The molecule has 1 rings (SSSR count). The molecule has 0 bridgehead atoms. The fraction of sp³-hybridized carbons (Fsp3) is 0.455. The van der Waals surface area contributed by atoms with Gasteiger partial charge in [-0.05, 0) is 18.6 Å². The highest BCUT2D eigenvalue weighted by molar-refractivity contribution is 5.77. The topological polar surface area (TPSA) is 56.0 Å². The van der Waals surface area contributed by atoms with E-state index in [1.54, 1.807) is 25.4 Å². The van der Waals surface area contributed by atoms with Crippen LogP contribution in [0.3, 0.4) is 0 Å². The van der Waals surface area contributed by atoms with E-state index in [-0.39, 0.29) is 11.2 Å². The number of hydrogen-bond acceptors (Lipinski definition) is 3. The molecule has 0 atom stereocenters. The smallest absolute Gasteiger partial charge is 0.130 e. The zero-order valence-corrected chi connectivity index (χ0v) is 8.87. The highest BCUT2D eigenvalue weighted by Crippen LogP contribution is 2.30. The van der Waals surface area contributed by atoms with Gasteiger partial charge < -0.3 is 5.73 Å². The second-order valence-corrected chi connectivity index (χ2v) is 4.23. The van der Waals surface area contributed by atoms with Crippen molar-refractivity contribution >= 4 is 11.5 Å². The van der Waals surface area contributed by atoms with Crippen LogP contribution >= 0.6 is 0 Å². The molecule has 14 heavy (non-hydrogen) atoms. The number of hydrogen-bond donors (Lipinski definition) is 1. The zero-order valence-electron chi connectivity index (χ0n) is 8.87. The molecule has 0 saturated heterocycles. The first-order chi connectivity index (χ1) is 6.43. The van der Waals surface area contributed by atoms with Crippen molar-refractivity contribution < 1.29 is 4.79 Å². The SMILES string of the molecule is CC(=O)CC(C)(C)c1cnccc1N. The van der Waals surface area contributed by atoms with E-state index in [0.29, 0.717) is 12.1 Å². The molecule has 0 aliphatic carbocycles. The number of nitrogens with two attached hydrogens (primary N) is 1. The van der Waals surface area contributed by atoms with Gasteiger partial charge in [-0.3, -0.25) is 9.78 Å². The minimum Gasteiger partial charge on any atom is -0.398 e. The Morgan fingerprint density at radius 3 is 2.71 bits per heavy atom.